The summed E-state index contributed by atoms with van der Waals surface area (Å²) in [5, 5.41) is 12.1. The summed E-state index contributed by atoms with van der Waals surface area (Å²) in [6, 6.07) is 10.5. The third-order valence-corrected chi connectivity index (χ3v) is 2.23. The average Bonchev–Trinajstić information content (AvgIpc) is 2.21. The van der Waals surface area contributed by atoms with E-state index >= 15 is 0 Å². The molecule has 0 bridgehead atoms. The highest BCUT2D eigenvalue weighted by atomic mass is 15.0. The first kappa shape index (κ1) is 11.6. The van der Waals surface area contributed by atoms with Crippen LogP contribution in [-0.4, -0.2) is 5.54 Å². The second-order valence-corrected chi connectivity index (χ2v) is 4.31. The van der Waals surface area contributed by atoms with E-state index < -0.39 is 5.54 Å². The molecular formula is C13H18N2. The lowest BCUT2D eigenvalue weighted by atomic mass is 10.1. The Hall–Kier alpha value is -1.49. The molecule has 80 valence electrons. The Bertz CT molecular complexity index is 344. The number of nitriles is 1. The van der Waals surface area contributed by atoms with Gasteiger partial charge in [-0.2, -0.15) is 5.26 Å². The van der Waals surface area contributed by atoms with Crippen LogP contribution in [0.15, 0.2) is 24.3 Å². The van der Waals surface area contributed by atoms with Crippen molar-refractivity contribution in [1.82, 2.24) is 0 Å². The van der Waals surface area contributed by atoms with Crippen molar-refractivity contribution in [1.29, 1.82) is 5.26 Å². The molecule has 0 saturated carbocycles. The summed E-state index contributed by atoms with van der Waals surface area (Å²) in [5.74, 6) is 0. The minimum atomic E-state index is -0.508. The van der Waals surface area contributed by atoms with Crippen LogP contribution in [0.4, 0.5) is 5.69 Å². The van der Waals surface area contributed by atoms with E-state index in [0.717, 1.165) is 18.5 Å². The lowest BCUT2D eigenvalue weighted by Crippen LogP contribution is -2.28. The molecule has 15 heavy (non-hydrogen) atoms. The van der Waals surface area contributed by atoms with Gasteiger partial charge in [0.1, 0.15) is 5.54 Å². The standard InChI is InChI=1S/C13H18N2/c1-4-5-11-6-8-12(9-7-11)15-13(2,3)10-14/h6-9,15H,4-5H2,1-3H3. The summed E-state index contributed by atoms with van der Waals surface area (Å²) in [7, 11) is 0. The Kier molecular flexibility index (Phi) is 3.74. The van der Waals surface area contributed by atoms with Crippen molar-refractivity contribution in [3.8, 4) is 6.07 Å². The Morgan fingerprint density at radius 3 is 2.33 bits per heavy atom. The quantitative estimate of drug-likeness (QED) is 0.812. The zero-order valence-electron chi connectivity index (χ0n) is 9.67. The Labute approximate surface area is 91.9 Å². The molecule has 1 rings (SSSR count). The number of benzene rings is 1. The van der Waals surface area contributed by atoms with Crippen molar-refractivity contribution in [3.63, 3.8) is 0 Å². The van der Waals surface area contributed by atoms with E-state index in [1.807, 2.05) is 26.0 Å². The summed E-state index contributed by atoms with van der Waals surface area (Å²) in [6.45, 7) is 5.91. The number of nitrogens with zero attached hydrogens (tertiary/aromatic N) is 1. The SMILES string of the molecule is CCCc1ccc(NC(C)(C)C#N)cc1. The molecule has 2 nitrogen and oxygen atoms in total. The van der Waals surface area contributed by atoms with Crippen LogP contribution >= 0.6 is 0 Å². The number of hydrogen-bond donors (Lipinski definition) is 1. The zero-order valence-corrected chi connectivity index (χ0v) is 9.67. The molecule has 1 aromatic rings. The second-order valence-electron chi connectivity index (χ2n) is 4.31. The first-order valence-corrected chi connectivity index (χ1v) is 5.36. The Morgan fingerprint density at radius 1 is 1.27 bits per heavy atom. The molecule has 0 fully saturated rings. The van der Waals surface area contributed by atoms with Crippen LogP contribution in [0.25, 0.3) is 0 Å². The molecule has 0 radical (unpaired) electrons. The summed E-state index contributed by atoms with van der Waals surface area (Å²) in [6.07, 6.45) is 2.28. The van der Waals surface area contributed by atoms with E-state index in [1.54, 1.807) is 0 Å². The predicted octanol–water partition coefficient (Wildman–Crippen LogP) is 3.35. The molecule has 0 aliphatic carbocycles. The van der Waals surface area contributed by atoms with Crippen molar-refractivity contribution >= 4 is 5.69 Å². The minimum Gasteiger partial charge on any atom is -0.368 e. The van der Waals surface area contributed by atoms with E-state index in [-0.39, 0.29) is 0 Å². The van der Waals surface area contributed by atoms with Crippen LogP contribution in [0, 0.1) is 11.3 Å². The van der Waals surface area contributed by atoms with Gasteiger partial charge in [-0.05, 0) is 38.0 Å². The van der Waals surface area contributed by atoms with E-state index in [1.165, 1.54) is 5.56 Å². The van der Waals surface area contributed by atoms with Gasteiger partial charge < -0.3 is 5.32 Å². The smallest absolute Gasteiger partial charge is 0.119 e. The summed E-state index contributed by atoms with van der Waals surface area (Å²) < 4.78 is 0. The van der Waals surface area contributed by atoms with Crippen LogP contribution in [0.2, 0.25) is 0 Å². The molecule has 2 heteroatoms. The number of nitrogens with one attached hydrogen (secondary N) is 1. The molecule has 0 atom stereocenters. The highest BCUT2D eigenvalue weighted by Gasteiger charge is 2.15. The minimum absolute atomic E-state index is 0.508. The van der Waals surface area contributed by atoms with Gasteiger partial charge in [-0.1, -0.05) is 25.5 Å². The predicted molar refractivity (Wildman–Crippen MR) is 63.8 cm³/mol. The van der Waals surface area contributed by atoms with Gasteiger partial charge in [0.25, 0.3) is 0 Å². The van der Waals surface area contributed by atoms with Gasteiger partial charge in [-0.3, -0.25) is 0 Å². The Balaban J connectivity index is 2.69. The van der Waals surface area contributed by atoms with Gasteiger partial charge in [-0.15, -0.1) is 0 Å². The highest BCUT2D eigenvalue weighted by molar-refractivity contribution is 5.48. The van der Waals surface area contributed by atoms with Crippen molar-refractivity contribution in [2.45, 2.75) is 39.2 Å². The third-order valence-electron chi connectivity index (χ3n) is 2.23. The van der Waals surface area contributed by atoms with Crippen LogP contribution in [0.1, 0.15) is 32.8 Å². The molecule has 0 aromatic heterocycles. The van der Waals surface area contributed by atoms with Crippen LogP contribution in [0.5, 0.6) is 0 Å². The van der Waals surface area contributed by atoms with E-state index in [2.05, 4.69) is 30.4 Å². The molecular weight excluding hydrogens is 184 g/mol. The topological polar surface area (TPSA) is 35.8 Å². The molecule has 0 unspecified atom stereocenters. The van der Waals surface area contributed by atoms with Crippen molar-refractivity contribution in [2.75, 3.05) is 5.32 Å². The second kappa shape index (κ2) is 4.84. The molecule has 1 aromatic carbocycles. The molecule has 0 spiro atoms. The summed E-state index contributed by atoms with van der Waals surface area (Å²) in [5.41, 5.74) is 1.84. The monoisotopic (exact) mass is 202 g/mol. The molecule has 0 heterocycles. The van der Waals surface area contributed by atoms with Crippen LogP contribution < -0.4 is 5.32 Å². The maximum absolute atomic E-state index is 8.88. The number of rotatable bonds is 4. The molecule has 1 N–H and O–H groups in total. The lowest BCUT2D eigenvalue weighted by Gasteiger charge is -2.19. The van der Waals surface area contributed by atoms with Gasteiger partial charge in [0.05, 0.1) is 6.07 Å². The highest BCUT2D eigenvalue weighted by Crippen LogP contribution is 2.15. The van der Waals surface area contributed by atoms with Gasteiger partial charge in [0.2, 0.25) is 0 Å². The Morgan fingerprint density at radius 2 is 1.87 bits per heavy atom. The molecule has 0 aliphatic heterocycles. The normalized spacial score (nSPS) is 10.8. The summed E-state index contributed by atoms with van der Waals surface area (Å²) >= 11 is 0. The fraction of sp³-hybridized carbons (Fsp3) is 0.462. The van der Waals surface area contributed by atoms with Crippen molar-refractivity contribution < 1.29 is 0 Å². The van der Waals surface area contributed by atoms with Gasteiger partial charge in [-0.25, -0.2) is 0 Å². The van der Waals surface area contributed by atoms with Gasteiger partial charge in [0, 0.05) is 5.69 Å². The number of aryl methyl sites for hydroxylation is 1. The number of hydrogen-bond acceptors (Lipinski definition) is 2. The first-order chi connectivity index (χ1) is 7.07. The van der Waals surface area contributed by atoms with Crippen LogP contribution in [-0.2, 0) is 6.42 Å². The zero-order chi connectivity index (χ0) is 11.3. The average molecular weight is 202 g/mol. The number of anilines is 1. The van der Waals surface area contributed by atoms with Crippen LogP contribution in [0.3, 0.4) is 0 Å². The van der Waals surface area contributed by atoms with Gasteiger partial charge >= 0.3 is 0 Å². The fourth-order valence-electron chi connectivity index (χ4n) is 1.43. The van der Waals surface area contributed by atoms with Crippen molar-refractivity contribution in [2.24, 2.45) is 0 Å². The van der Waals surface area contributed by atoms with E-state index in [0.29, 0.717) is 0 Å². The largest absolute Gasteiger partial charge is 0.368 e. The molecule has 0 amide bonds. The molecule has 0 aliphatic rings. The van der Waals surface area contributed by atoms with E-state index in [4.69, 9.17) is 5.26 Å². The third kappa shape index (κ3) is 3.63. The van der Waals surface area contributed by atoms with Crippen molar-refractivity contribution in [3.05, 3.63) is 29.8 Å². The maximum atomic E-state index is 8.88. The van der Waals surface area contributed by atoms with Gasteiger partial charge in [0.15, 0.2) is 0 Å². The fourth-order valence-corrected chi connectivity index (χ4v) is 1.43. The first-order valence-electron chi connectivity index (χ1n) is 5.36. The maximum Gasteiger partial charge on any atom is 0.119 e. The molecule has 0 saturated heterocycles. The summed E-state index contributed by atoms with van der Waals surface area (Å²) in [4.78, 5) is 0. The lowest BCUT2D eigenvalue weighted by molar-refractivity contribution is 0.729. The van der Waals surface area contributed by atoms with E-state index in [9.17, 15) is 0 Å².